The van der Waals surface area contributed by atoms with Crippen LogP contribution in [0.4, 0.5) is 5.69 Å². The standard InChI is InChI=1S/C12H14N2O/c1-14(2)10-5-9(8-13)6-12(7-10)15-11-3-4-11/h5-7,11H,3-4H2,1-2H3. The molecular formula is C12H14N2O. The summed E-state index contributed by atoms with van der Waals surface area (Å²) in [6.45, 7) is 0. The predicted octanol–water partition coefficient (Wildman–Crippen LogP) is 2.17. The molecule has 0 atom stereocenters. The zero-order valence-electron chi connectivity index (χ0n) is 9.03. The van der Waals surface area contributed by atoms with Gasteiger partial charge in [-0.05, 0) is 25.0 Å². The third-order valence-electron chi connectivity index (χ3n) is 2.36. The summed E-state index contributed by atoms with van der Waals surface area (Å²) >= 11 is 0. The van der Waals surface area contributed by atoms with Gasteiger partial charge in [0.05, 0.1) is 17.7 Å². The monoisotopic (exact) mass is 202 g/mol. The average Bonchev–Trinajstić information content (AvgIpc) is 3.01. The molecule has 0 amide bonds. The molecule has 0 unspecified atom stereocenters. The topological polar surface area (TPSA) is 36.3 Å². The van der Waals surface area contributed by atoms with Crippen molar-refractivity contribution < 1.29 is 4.74 Å². The number of anilines is 1. The van der Waals surface area contributed by atoms with Crippen LogP contribution in [0.3, 0.4) is 0 Å². The van der Waals surface area contributed by atoms with E-state index in [1.54, 1.807) is 6.07 Å². The van der Waals surface area contributed by atoms with E-state index in [4.69, 9.17) is 10.00 Å². The number of hydrogen-bond donors (Lipinski definition) is 0. The van der Waals surface area contributed by atoms with Crippen molar-refractivity contribution in [3.8, 4) is 11.8 Å². The SMILES string of the molecule is CN(C)c1cc(C#N)cc(OC2CC2)c1. The van der Waals surface area contributed by atoms with E-state index in [0.29, 0.717) is 11.7 Å². The fourth-order valence-corrected chi connectivity index (χ4v) is 1.35. The maximum atomic E-state index is 8.89. The summed E-state index contributed by atoms with van der Waals surface area (Å²) in [5.41, 5.74) is 1.65. The van der Waals surface area contributed by atoms with Crippen LogP contribution in [0.1, 0.15) is 18.4 Å². The van der Waals surface area contributed by atoms with Gasteiger partial charge in [0.25, 0.3) is 0 Å². The van der Waals surface area contributed by atoms with Crippen molar-refractivity contribution >= 4 is 5.69 Å². The second-order valence-electron chi connectivity index (χ2n) is 4.04. The number of rotatable bonds is 3. The lowest BCUT2D eigenvalue weighted by Gasteiger charge is -2.14. The molecule has 1 aromatic carbocycles. The lowest BCUT2D eigenvalue weighted by molar-refractivity contribution is 0.303. The highest BCUT2D eigenvalue weighted by Gasteiger charge is 2.23. The second-order valence-corrected chi connectivity index (χ2v) is 4.04. The first-order valence-electron chi connectivity index (χ1n) is 5.08. The first-order valence-corrected chi connectivity index (χ1v) is 5.08. The van der Waals surface area contributed by atoms with E-state index < -0.39 is 0 Å². The molecule has 2 rings (SSSR count). The molecule has 0 heterocycles. The number of benzene rings is 1. The number of nitriles is 1. The Balaban J connectivity index is 2.28. The molecule has 0 aliphatic heterocycles. The molecule has 1 fully saturated rings. The molecule has 0 spiro atoms. The van der Waals surface area contributed by atoms with Crippen molar-refractivity contribution in [2.24, 2.45) is 0 Å². The summed E-state index contributed by atoms with van der Waals surface area (Å²) in [5, 5.41) is 8.89. The maximum Gasteiger partial charge on any atom is 0.123 e. The van der Waals surface area contributed by atoms with Crippen molar-refractivity contribution in [2.75, 3.05) is 19.0 Å². The number of ether oxygens (including phenoxy) is 1. The van der Waals surface area contributed by atoms with E-state index >= 15 is 0 Å². The summed E-state index contributed by atoms with van der Waals surface area (Å²) < 4.78 is 5.68. The van der Waals surface area contributed by atoms with Crippen LogP contribution in [0.5, 0.6) is 5.75 Å². The largest absolute Gasteiger partial charge is 0.490 e. The van der Waals surface area contributed by atoms with Crippen LogP contribution < -0.4 is 9.64 Å². The smallest absolute Gasteiger partial charge is 0.123 e. The molecule has 0 N–H and O–H groups in total. The first kappa shape index (κ1) is 9.85. The predicted molar refractivity (Wildman–Crippen MR) is 59.1 cm³/mol. The van der Waals surface area contributed by atoms with E-state index in [1.807, 2.05) is 31.1 Å². The molecule has 1 saturated carbocycles. The highest BCUT2D eigenvalue weighted by atomic mass is 16.5. The third-order valence-corrected chi connectivity index (χ3v) is 2.36. The van der Waals surface area contributed by atoms with Gasteiger partial charge in [0.1, 0.15) is 5.75 Å². The van der Waals surface area contributed by atoms with Crippen LogP contribution in [0.2, 0.25) is 0 Å². The van der Waals surface area contributed by atoms with Crippen molar-refractivity contribution in [2.45, 2.75) is 18.9 Å². The molecule has 3 heteroatoms. The minimum absolute atomic E-state index is 0.369. The Bertz CT molecular complexity index is 403. The zero-order valence-corrected chi connectivity index (χ0v) is 9.03. The van der Waals surface area contributed by atoms with Gasteiger partial charge >= 0.3 is 0 Å². The molecule has 1 aromatic rings. The lowest BCUT2D eigenvalue weighted by Crippen LogP contribution is -2.09. The van der Waals surface area contributed by atoms with E-state index in [2.05, 4.69) is 6.07 Å². The van der Waals surface area contributed by atoms with Gasteiger partial charge in [-0.2, -0.15) is 5.26 Å². The van der Waals surface area contributed by atoms with Gasteiger partial charge in [0.2, 0.25) is 0 Å². The van der Waals surface area contributed by atoms with Gasteiger partial charge in [-0.3, -0.25) is 0 Å². The molecular weight excluding hydrogens is 188 g/mol. The maximum absolute atomic E-state index is 8.89. The van der Waals surface area contributed by atoms with Crippen LogP contribution in [0.15, 0.2) is 18.2 Å². The molecule has 0 saturated heterocycles. The van der Waals surface area contributed by atoms with E-state index in [1.165, 1.54) is 0 Å². The van der Waals surface area contributed by atoms with Crippen LogP contribution in [0, 0.1) is 11.3 Å². The Labute approximate surface area is 89.9 Å². The Morgan fingerprint density at radius 1 is 1.33 bits per heavy atom. The minimum atomic E-state index is 0.369. The van der Waals surface area contributed by atoms with Crippen LogP contribution in [-0.4, -0.2) is 20.2 Å². The van der Waals surface area contributed by atoms with Crippen LogP contribution in [0.25, 0.3) is 0 Å². The van der Waals surface area contributed by atoms with Gasteiger partial charge < -0.3 is 9.64 Å². The summed E-state index contributed by atoms with van der Waals surface area (Å²) in [7, 11) is 3.91. The van der Waals surface area contributed by atoms with Crippen LogP contribution in [-0.2, 0) is 0 Å². The fraction of sp³-hybridized carbons (Fsp3) is 0.417. The zero-order chi connectivity index (χ0) is 10.8. The molecule has 1 aliphatic carbocycles. The summed E-state index contributed by atoms with van der Waals surface area (Å²) in [6.07, 6.45) is 2.64. The Hall–Kier alpha value is -1.69. The second kappa shape index (κ2) is 3.82. The lowest BCUT2D eigenvalue weighted by atomic mass is 10.2. The Kier molecular flexibility index (Phi) is 2.51. The van der Waals surface area contributed by atoms with E-state index in [9.17, 15) is 0 Å². The minimum Gasteiger partial charge on any atom is -0.490 e. The normalized spacial score (nSPS) is 14.5. The van der Waals surface area contributed by atoms with Crippen LogP contribution >= 0.6 is 0 Å². The van der Waals surface area contributed by atoms with Crippen molar-refractivity contribution in [1.29, 1.82) is 5.26 Å². The Morgan fingerprint density at radius 3 is 2.60 bits per heavy atom. The third kappa shape index (κ3) is 2.41. The summed E-state index contributed by atoms with van der Waals surface area (Å²) in [6, 6.07) is 7.78. The molecule has 3 nitrogen and oxygen atoms in total. The highest BCUT2D eigenvalue weighted by Crippen LogP contribution is 2.29. The van der Waals surface area contributed by atoms with Gasteiger partial charge in [0, 0.05) is 25.8 Å². The molecule has 0 bridgehead atoms. The molecule has 0 radical (unpaired) electrons. The van der Waals surface area contributed by atoms with Crippen molar-refractivity contribution in [3.05, 3.63) is 23.8 Å². The van der Waals surface area contributed by atoms with Gasteiger partial charge in [-0.1, -0.05) is 0 Å². The van der Waals surface area contributed by atoms with E-state index in [-0.39, 0.29) is 0 Å². The molecule has 15 heavy (non-hydrogen) atoms. The van der Waals surface area contributed by atoms with E-state index in [0.717, 1.165) is 24.3 Å². The number of nitrogens with zero attached hydrogens (tertiary/aromatic N) is 2. The molecule has 1 aliphatic rings. The number of hydrogen-bond acceptors (Lipinski definition) is 3. The Morgan fingerprint density at radius 2 is 2.07 bits per heavy atom. The molecule has 78 valence electrons. The fourth-order valence-electron chi connectivity index (χ4n) is 1.35. The van der Waals surface area contributed by atoms with Crippen molar-refractivity contribution in [1.82, 2.24) is 0 Å². The summed E-state index contributed by atoms with van der Waals surface area (Å²) in [5.74, 6) is 0.806. The molecule has 0 aromatic heterocycles. The first-order chi connectivity index (χ1) is 7.19. The van der Waals surface area contributed by atoms with Crippen molar-refractivity contribution in [3.63, 3.8) is 0 Å². The van der Waals surface area contributed by atoms with Gasteiger partial charge in [0.15, 0.2) is 0 Å². The van der Waals surface area contributed by atoms with Gasteiger partial charge in [-0.15, -0.1) is 0 Å². The van der Waals surface area contributed by atoms with Gasteiger partial charge in [-0.25, -0.2) is 0 Å². The highest BCUT2D eigenvalue weighted by molar-refractivity contribution is 5.55. The quantitative estimate of drug-likeness (QED) is 0.753. The average molecular weight is 202 g/mol. The summed E-state index contributed by atoms with van der Waals surface area (Å²) in [4.78, 5) is 1.97.